The molecule has 0 atom stereocenters. The second kappa shape index (κ2) is 10.4. The highest BCUT2D eigenvalue weighted by Gasteiger charge is 2.27. The lowest BCUT2D eigenvalue weighted by Gasteiger charge is -2.33. The highest BCUT2D eigenvalue weighted by molar-refractivity contribution is 7.13. The predicted octanol–water partition coefficient (Wildman–Crippen LogP) is 0.678. The number of amides is 3. The van der Waals surface area contributed by atoms with Gasteiger partial charge in [0.1, 0.15) is 23.0 Å². The van der Waals surface area contributed by atoms with Crippen LogP contribution in [0.1, 0.15) is 23.1 Å². The van der Waals surface area contributed by atoms with E-state index in [0.717, 1.165) is 13.1 Å². The molecule has 12 nitrogen and oxygen atoms in total. The fraction of sp³-hybridized carbons (Fsp3) is 0.450. The maximum Gasteiger partial charge on any atom is 0.320 e. The molecular weight excluding hydrogens is 444 g/mol. The zero-order chi connectivity index (χ0) is 24.1. The first kappa shape index (κ1) is 24.2. The Morgan fingerprint density at radius 2 is 1.91 bits per heavy atom. The molecule has 1 aliphatic heterocycles. The van der Waals surface area contributed by atoms with Crippen molar-refractivity contribution in [2.45, 2.75) is 6.92 Å². The van der Waals surface area contributed by atoms with Crippen molar-refractivity contribution in [3.63, 3.8) is 0 Å². The first-order chi connectivity index (χ1) is 15.7. The number of likely N-dealkylation sites (N-methyl/N-ethyl adjacent to an activating group) is 1. The fourth-order valence-electron chi connectivity index (χ4n) is 3.30. The van der Waals surface area contributed by atoms with Gasteiger partial charge in [-0.25, -0.2) is 14.8 Å². The van der Waals surface area contributed by atoms with Crippen LogP contribution in [0.5, 0.6) is 0 Å². The topological polar surface area (TPSA) is 143 Å². The van der Waals surface area contributed by atoms with E-state index in [1.165, 1.54) is 11.3 Å². The van der Waals surface area contributed by atoms with Gasteiger partial charge in [0, 0.05) is 52.2 Å². The number of hydrogen-bond acceptors (Lipinski definition) is 8. The average Bonchev–Trinajstić information content (AvgIpc) is 3.39. The van der Waals surface area contributed by atoms with E-state index >= 15 is 0 Å². The van der Waals surface area contributed by atoms with Crippen molar-refractivity contribution in [1.29, 1.82) is 5.41 Å². The minimum absolute atomic E-state index is 0.244. The minimum atomic E-state index is -0.386. The Morgan fingerprint density at radius 1 is 1.21 bits per heavy atom. The molecule has 1 fully saturated rings. The lowest BCUT2D eigenvalue weighted by Crippen LogP contribution is -2.47. The summed E-state index contributed by atoms with van der Waals surface area (Å²) in [7, 11) is 5.38. The van der Waals surface area contributed by atoms with Crippen molar-refractivity contribution >= 4 is 34.9 Å². The summed E-state index contributed by atoms with van der Waals surface area (Å²) in [5.41, 5.74) is 0.709. The monoisotopic (exact) mass is 474 g/mol. The van der Waals surface area contributed by atoms with Crippen LogP contribution in [0.2, 0.25) is 0 Å². The Labute approximate surface area is 196 Å². The van der Waals surface area contributed by atoms with Crippen LogP contribution in [0.4, 0.5) is 10.6 Å². The van der Waals surface area contributed by atoms with Gasteiger partial charge in [0.2, 0.25) is 0 Å². The number of carbonyl (C=O) groups is 2. The molecule has 0 aromatic carbocycles. The van der Waals surface area contributed by atoms with Crippen molar-refractivity contribution in [2.75, 3.05) is 52.1 Å². The molecule has 5 N–H and O–H groups in total. The molecule has 2 aromatic heterocycles. The maximum absolute atomic E-state index is 11.9. The number of aromatic nitrogens is 3. The fourth-order valence-corrected chi connectivity index (χ4v) is 4.12. The van der Waals surface area contributed by atoms with Gasteiger partial charge < -0.3 is 30.3 Å². The summed E-state index contributed by atoms with van der Waals surface area (Å²) >= 11 is 1.29. The Balaban J connectivity index is 1.95. The molecule has 13 heteroatoms. The van der Waals surface area contributed by atoms with E-state index in [2.05, 4.69) is 44.8 Å². The highest BCUT2D eigenvalue weighted by atomic mass is 32.1. The van der Waals surface area contributed by atoms with Gasteiger partial charge in [0.15, 0.2) is 16.7 Å². The number of imidazole rings is 1. The third-order valence-corrected chi connectivity index (χ3v) is 6.00. The third kappa shape index (κ3) is 5.49. The van der Waals surface area contributed by atoms with Crippen molar-refractivity contribution in [3.05, 3.63) is 29.2 Å². The first-order valence-electron chi connectivity index (χ1n) is 10.5. The van der Waals surface area contributed by atoms with Gasteiger partial charge in [-0.1, -0.05) is 6.58 Å². The molecule has 0 unspecified atom stereocenters. The van der Waals surface area contributed by atoms with E-state index in [1.807, 2.05) is 11.8 Å². The molecule has 3 rings (SSSR count). The number of rotatable bonds is 7. The molecule has 178 valence electrons. The van der Waals surface area contributed by atoms with Crippen LogP contribution in [-0.4, -0.2) is 88.9 Å². The van der Waals surface area contributed by atoms with Gasteiger partial charge in [0.25, 0.3) is 5.91 Å². The van der Waals surface area contributed by atoms with E-state index in [9.17, 15) is 9.59 Å². The van der Waals surface area contributed by atoms with Gasteiger partial charge in [-0.15, -0.1) is 11.3 Å². The number of nitrogens with zero attached hydrogens (tertiary/aromatic N) is 5. The number of carbonyl (C=O) groups excluding carboxylic acids is 2. The van der Waals surface area contributed by atoms with Gasteiger partial charge in [-0.05, 0) is 14.0 Å². The number of piperazine rings is 1. The smallest absolute Gasteiger partial charge is 0.320 e. The number of urea groups is 1. The summed E-state index contributed by atoms with van der Waals surface area (Å²) in [6, 6.07) is -0.386. The normalized spacial score (nSPS) is 14.0. The van der Waals surface area contributed by atoms with Crippen LogP contribution in [0, 0.1) is 5.41 Å². The summed E-state index contributed by atoms with van der Waals surface area (Å²) in [5.74, 6) is 1.22. The van der Waals surface area contributed by atoms with Crippen molar-refractivity contribution < 1.29 is 9.59 Å². The largest absolute Gasteiger partial charge is 0.354 e. The van der Waals surface area contributed by atoms with Crippen LogP contribution in [-0.2, 0) is 7.05 Å². The second-order valence-corrected chi connectivity index (χ2v) is 8.39. The summed E-state index contributed by atoms with van der Waals surface area (Å²) in [4.78, 5) is 37.1. The quantitative estimate of drug-likeness (QED) is 0.293. The zero-order valence-electron chi connectivity index (χ0n) is 19.3. The molecule has 1 aliphatic rings. The minimum Gasteiger partial charge on any atom is -0.354 e. The van der Waals surface area contributed by atoms with Crippen LogP contribution in [0.3, 0.4) is 0 Å². The molecule has 0 aliphatic carbocycles. The molecule has 0 spiro atoms. The summed E-state index contributed by atoms with van der Waals surface area (Å²) in [6.45, 7) is 9.27. The van der Waals surface area contributed by atoms with Gasteiger partial charge in [-0.2, -0.15) is 0 Å². The lowest BCUT2D eigenvalue weighted by atomic mass is 10.2. The van der Waals surface area contributed by atoms with Crippen LogP contribution in [0.15, 0.2) is 17.8 Å². The molecular formula is C20H30N10O2S. The Morgan fingerprint density at radius 3 is 2.55 bits per heavy atom. The molecule has 3 amide bonds. The Bertz CT molecular complexity index is 1050. The van der Waals surface area contributed by atoms with Crippen LogP contribution < -0.4 is 21.3 Å². The van der Waals surface area contributed by atoms with Gasteiger partial charge in [-0.3, -0.25) is 15.5 Å². The number of anilines is 1. The van der Waals surface area contributed by atoms with Crippen molar-refractivity contribution in [2.24, 2.45) is 7.05 Å². The van der Waals surface area contributed by atoms with E-state index in [-0.39, 0.29) is 23.6 Å². The van der Waals surface area contributed by atoms with E-state index in [4.69, 9.17) is 10.4 Å². The van der Waals surface area contributed by atoms with Crippen molar-refractivity contribution in [1.82, 2.24) is 40.3 Å². The molecule has 3 heterocycles. The highest BCUT2D eigenvalue weighted by Crippen LogP contribution is 2.29. The first-order valence-corrected chi connectivity index (χ1v) is 11.4. The number of amidine groups is 1. The summed E-state index contributed by atoms with van der Waals surface area (Å²) < 4.78 is 1.75. The number of thiazole rings is 1. The standard InChI is InChI=1S/C20H30N10O2S/c1-6-23-20(32)25-12(2)24-16-14(15(21)30-9-7-28(4)8-10-30)27-17(29(16)5)19-26-13(11-33-19)18(31)22-3/h11,21,24H,2,6-10H2,1,3-5H3,(H,22,31)(H2,23,25,32). The predicted molar refractivity (Wildman–Crippen MR) is 129 cm³/mol. The summed E-state index contributed by atoms with van der Waals surface area (Å²) in [6.07, 6.45) is 0. The molecule has 33 heavy (non-hydrogen) atoms. The van der Waals surface area contributed by atoms with Gasteiger partial charge >= 0.3 is 6.03 Å². The Hall–Kier alpha value is -3.45. The number of nitrogens with one attached hydrogen (secondary N) is 5. The Kier molecular flexibility index (Phi) is 7.66. The molecule has 0 bridgehead atoms. The average molecular weight is 475 g/mol. The summed E-state index contributed by atoms with van der Waals surface area (Å²) in [5, 5.41) is 22.0. The van der Waals surface area contributed by atoms with E-state index in [0.29, 0.717) is 47.7 Å². The number of hydrogen-bond donors (Lipinski definition) is 5. The molecule has 2 aromatic rings. The SMILES string of the molecule is C=C(NC(=O)NCC)Nc1c(C(=N)N2CCN(C)CC2)nc(-c2nc(C(=O)NC)cs2)n1C. The molecule has 0 radical (unpaired) electrons. The zero-order valence-corrected chi connectivity index (χ0v) is 20.1. The molecule has 0 saturated carbocycles. The van der Waals surface area contributed by atoms with Crippen molar-refractivity contribution in [3.8, 4) is 10.8 Å². The van der Waals surface area contributed by atoms with E-state index < -0.39 is 0 Å². The molecule has 1 saturated heterocycles. The maximum atomic E-state index is 11.9. The van der Waals surface area contributed by atoms with Gasteiger partial charge in [0.05, 0.1) is 0 Å². The van der Waals surface area contributed by atoms with Crippen LogP contribution in [0.25, 0.3) is 10.8 Å². The van der Waals surface area contributed by atoms with E-state index in [1.54, 1.807) is 24.0 Å². The lowest BCUT2D eigenvalue weighted by molar-refractivity contribution is 0.0959. The third-order valence-electron chi connectivity index (χ3n) is 5.17. The van der Waals surface area contributed by atoms with Crippen LogP contribution >= 0.6 is 11.3 Å². The second-order valence-electron chi connectivity index (χ2n) is 7.54.